The van der Waals surface area contributed by atoms with Crippen molar-refractivity contribution in [2.45, 2.75) is 82.9 Å². The van der Waals surface area contributed by atoms with Gasteiger partial charge in [0.05, 0.1) is 79.6 Å². The van der Waals surface area contributed by atoms with Crippen LogP contribution in [0.2, 0.25) is 5.02 Å². The summed E-state index contributed by atoms with van der Waals surface area (Å²) >= 11 is 6.43. The van der Waals surface area contributed by atoms with Crippen molar-refractivity contribution in [3.05, 3.63) is 167 Å². The average Bonchev–Trinajstić information content (AvgIpc) is 1.41. The third kappa shape index (κ3) is 22.8. The van der Waals surface area contributed by atoms with Crippen LogP contribution in [0.1, 0.15) is 75.1 Å². The van der Waals surface area contributed by atoms with Crippen molar-refractivity contribution in [1.82, 2.24) is 54.4 Å². The molecule has 640 valence electrons. The summed E-state index contributed by atoms with van der Waals surface area (Å²) < 4.78 is 75.9. The van der Waals surface area contributed by atoms with Gasteiger partial charge in [-0.1, -0.05) is 54.1 Å². The van der Waals surface area contributed by atoms with Gasteiger partial charge in [-0.3, -0.25) is 9.80 Å². The van der Waals surface area contributed by atoms with E-state index < -0.39 is 27.2 Å². The number of piperidine rings is 1. The maximum absolute atomic E-state index is 14.0. The summed E-state index contributed by atoms with van der Waals surface area (Å²) in [5, 5.41) is 22.1. The highest BCUT2D eigenvalue weighted by atomic mass is 35.5. The van der Waals surface area contributed by atoms with Crippen LogP contribution >= 0.6 is 33.0 Å². The lowest BCUT2D eigenvalue weighted by Gasteiger charge is -2.42. The van der Waals surface area contributed by atoms with E-state index in [0.717, 1.165) is 126 Å². The van der Waals surface area contributed by atoms with Gasteiger partial charge in [-0.05, 0) is 204 Å². The number of benzene rings is 6. The molecular formula is C89H118ClFN19O7P3. The summed E-state index contributed by atoms with van der Waals surface area (Å²) in [7, 11) is 3.75. The minimum absolute atomic E-state index is 0.00803. The summed E-state index contributed by atoms with van der Waals surface area (Å²) in [6, 6.07) is 39.5. The number of nitrogens with one attached hydrogen (secondary N) is 6. The van der Waals surface area contributed by atoms with E-state index >= 15 is 0 Å². The maximum Gasteiger partial charge on any atom is 0.229 e. The minimum atomic E-state index is -2.75. The predicted octanol–water partition coefficient (Wildman–Crippen LogP) is 16.1. The minimum Gasteiger partial charge on any atom is -0.495 e. The number of anilines is 14. The van der Waals surface area contributed by atoms with Crippen LogP contribution in [0.25, 0.3) is 6.08 Å². The Bertz CT molecular complexity index is 5210. The molecule has 0 radical (unpaired) electrons. The number of ether oxygens (including phenoxy) is 4. The van der Waals surface area contributed by atoms with Crippen LogP contribution in [-0.4, -0.2) is 247 Å². The molecule has 120 heavy (non-hydrogen) atoms. The van der Waals surface area contributed by atoms with Crippen molar-refractivity contribution in [2.75, 3.05) is 216 Å². The van der Waals surface area contributed by atoms with Gasteiger partial charge in [0.2, 0.25) is 17.8 Å². The number of para-hydroxylation sites is 2. The number of hydrogen-bond acceptors (Lipinski definition) is 26. The number of methoxy groups -OCH3 is 3. The van der Waals surface area contributed by atoms with Gasteiger partial charge >= 0.3 is 0 Å². The van der Waals surface area contributed by atoms with Gasteiger partial charge in [0.25, 0.3) is 0 Å². The summed E-state index contributed by atoms with van der Waals surface area (Å²) in [6.07, 6.45) is 15.1. The fraction of sp³-hybridized carbons (Fsp3) is 0.438. The quantitative estimate of drug-likeness (QED) is 0.0291. The van der Waals surface area contributed by atoms with Crippen molar-refractivity contribution in [2.24, 2.45) is 0 Å². The SMILES string of the molecule is CC(C)Oc1cc(N2CCN(C)CC2)ccc1Nc1nc2c(c(Nc3ccc(F)cc3P(C)(C)=O)n1)C=CC2.COc1cc(C2CCC(N3CCN(C)CC3)CC2)ccc1Nc1ncc(Cl)c(Nc2ccccc2P(C)(C)=O)n1.COc1cc(N2CCC(N3CCN(C)CC3)CC2)ccc1Nc1ncc(OC)c(Nc2ccccc2P(C)(C)=O)n1. The maximum atomic E-state index is 14.0. The Labute approximate surface area is 712 Å². The Hall–Kier alpha value is -9.39. The number of allylic oxidation sites excluding steroid dienone is 1. The molecule has 5 fully saturated rings. The lowest BCUT2D eigenvalue weighted by Crippen LogP contribution is -2.52. The molecule has 0 amide bonds. The zero-order chi connectivity index (χ0) is 85.0. The zero-order valence-electron chi connectivity index (χ0n) is 71.8. The van der Waals surface area contributed by atoms with Gasteiger partial charge in [0.15, 0.2) is 17.4 Å². The Morgan fingerprint density at radius 2 is 0.892 bits per heavy atom. The van der Waals surface area contributed by atoms with Crippen molar-refractivity contribution >= 4 is 136 Å². The van der Waals surface area contributed by atoms with Crippen molar-refractivity contribution < 1.29 is 37.0 Å². The van der Waals surface area contributed by atoms with Crippen LogP contribution < -0.4 is 76.6 Å². The van der Waals surface area contributed by atoms with E-state index in [-0.39, 0.29) is 6.10 Å². The highest BCUT2D eigenvalue weighted by Crippen LogP contribution is 2.45. The average molecular weight is 1710 g/mol. The van der Waals surface area contributed by atoms with Crippen LogP contribution in [0.5, 0.6) is 23.0 Å². The van der Waals surface area contributed by atoms with Gasteiger partial charge in [-0.15, -0.1) is 0 Å². The molecule has 2 aliphatic carbocycles. The number of likely N-dealkylation sites (N-methyl/N-ethyl adjacent to an activating group) is 3. The molecule has 0 atom stereocenters. The number of halogens is 2. The molecule has 3 aromatic heterocycles. The molecule has 9 aromatic rings. The molecule has 1 saturated carbocycles. The standard InChI is InChI=1S/C30H40ClN6O2P.C30H42N7O3P.C29H36FN6O2P/c1-36-15-17-37(18-16-36)23-12-9-21(10-13-23)22-11-14-25(27(19-22)39-2)34-30-32-20-24(31)29(35-30)33-26-7-5-6-8-28(26)40(3,4)38;1-35-16-18-37(19-17-35)22-12-14-36(15-13-22)23-10-11-24(26(20-23)39-2)33-30-31-21-27(40-3)29(34-30)32-25-8-6-7-9-28(25)41(4,5)38;1-19(2)38-26-18-21(36-15-13-35(3)14-16-36)10-12-24(26)33-29-32-23-8-6-7-22(23)28(34-29)31-25-11-9-20(30)17-27(25)39(4,5)37/h5-8,11,14,19-21,23H,9-10,12-13,15-18H2,1-4H3,(H2,32,33,34,35);6-11,20-22H,12-19H2,1-5H3,(H2,31,32,33,34);6-7,9-12,17-19H,8,13-16H2,1-5H3,(H2,31,32,33,34). The summed E-state index contributed by atoms with van der Waals surface area (Å²) in [5.74, 6) is 5.49. The van der Waals surface area contributed by atoms with Crippen LogP contribution in [0, 0.1) is 5.82 Å². The molecule has 6 aromatic carbocycles. The second-order valence-corrected chi connectivity index (χ2v) is 43.2. The van der Waals surface area contributed by atoms with Crippen molar-refractivity contribution in [3.8, 4) is 23.0 Å². The molecule has 7 heterocycles. The Balaban J connectivity index is 0.000000156. The summed E-state index contributed by atoms with van der Waals surface area (Å²) in [6.45, 7) is 29.7. The lowest BCUT2D eigenvalue weighted by atomic mass is 9.81. The number of fused-ring (bicyclic) bond motifs is 1. The third-order valence-electron chi connectivity index (χ3n) is 23.1. The molecule has 0 unspecified atom stereocenters. The van der Waals surface area contributed by atoms with E-state index in [1.165, 1.54) is 95.5 Å². The van der Waals surface area contributed by atoms with Crippen LogP contribution in [-0.2, 0) is 20.1 Å². The molecule has 0 spiro atoms. The first-order valence-electron chi connectivity index (χ1n) is 41.5. The number of piperazine rings is 3. The van der Waals surface area contributed by atoms with Gasteiger partial charge in [-0.25, -0.2) is 19.3 Å². The largest absolute Gasteiger partial charge is 0.495 e. The predicted molar refractivity (Wildman–Crippen MR) is 493 cm³/mol. The molecular weight excluding hydrogens is 1590 g/mol. The van der Waals surface area contributed by atoms with Crippen LogP contribution in [0.3, 0.4) is 0 Å². The highest BCUT2D eigenvalue weighted by molar-refractivity contribution is 7.71. The fourth-order valence-electron chi connectivity index (χ4n) is 16.3. The monoisotopic (exact) mass is 1710 g/mol. The van der Waals surface area contributed by atoms with Gasteiger partial charge in [0.1, 0.15) is 55.3 Å². The van der Waals surface area contributed by atoms with Crippen molar-refractivity contribution in [1.29, 1.82) is 0 Å². The third-order valence-corrected chi connectivity index (χ3v) is 28.0. The van der Waals surface area contributed by atoms with E-state index in [0.29, 0.717) is 87.2 Å². The second kappa shape index (κ2) is 39.6. The topological polar surface area (TPSA) is 260 Å². The Kier molecular flexibility index (Phi) is 29.2. The van der Waals surface area contributed by atoms with Crippen LogP contribution in [0.15, 0.2) is 140 Å². The highest BCUT2D eigenvalue weighted by Gasteiger charge is 2.32. The Morgan fingerprint density at radius 1 is 0.442 bits per heavy atom. The smallest absolute Gasteiger partial charge is 0.229 e. The van der Waals surface area contributed by atoms with E-state index in [4.69, 9.17) is 40.5 Å². The van der Waals surface area contributed by atoms with Gasteiger partial charge in [-0.2, -0.15) is 15.0 Å². The summed E-state index contributed by atoms with van der Waals surface area (Å²) in [4.78, 5) is 45.0. The second-order valence-electron chi connectivity index (χ2n) is 33.2. The first-order chi connectivity index (χ1) is 57.5. The van der Waals surface area contributed by atoms with E-state index in [9.17, 15) is 18.1 Å². The molecule has 4 aliphatic heterocycles. The molecule has 4 saturated heterocycles. The van der Waals surface area contributed by atoms with Gasteiger partial charge in [0, 0.05) is 155 Å². The van der Waals surface area contributed by atoms with Gasteiger partial charge < -0.3 is 89.0 Å². The number of rotatable bonds is 25. The number of hydrogen-bond donors (Lipinski definition) is 6. The van der Waals surface area contributed by atoms with E-state index in [1.807, 2.05) is 92.7 Å². The van der Waals surface area contributed by atoms with E-state index in [2.05, 4.69) is 144 Å². The molecule has 15 rings (SSSR count). The zero-order valence-corrected chi connectivity index (χ0v) is 75.2. The summed E-state index contributed by atoms with van der Waals surface area (Å²) in [5.41, 5.74) is 9.67. The molecule has 6 N–H and O–H groups in total. The fourth-order valence-corrected chi connectivity index (χ4v) is 19.9. The Morgan fingerprint density at radius 3 is 1.45 bits per heavy atom. The normalized spacial score (nSPS) is 17.9. The molecule has 26 nitrogen and oxygen atoms in total. The van der Waals surface area contributed by atoms with E-state index in [1.54, 1.807) is 79.8 Å². The number of aromatic nitrogens is 6. The van der Waals surface area contributed by atoms with Crippen molar-refractivity contribution in [3.63, 3.8) is 0 Å². The molecule has 0 bridgehead atoms. The van der Waals surface area contributed by atoms with Crippen LogP contribution in [0.4, 0.5) is 85.2 Å². The first-order valence-corrected chi connectivity index (χ1v) is 49.7. The number of nitrogens with zero attached hydrogens (tertiary/aromatic N) is 13. The lowest BCUT2D eigenvalue weighted by molar-refractivity contribution is 0.0878. The molecule has 6 aliphatic rings. The first kappa shape index (κ1) is 88.4. The molecule has 31 heteroatoms.